The van der Waals surface area contributed by atoms with Crippen LogP contribution in [0.3, 0.4) is 0 Å². The van der Waals surface area contributed by atoms with Gasteiger partial charge in [-0.1, -0.05) is 37.3 Å². The molecule has 0 fully saturated rings. The van der Waals surface area contributed by atoms with Crippen molar-refractivity contribution in [2.45, 2.75) is 39.7 Å². The van der Waals surface area contributed by atoms with E-state index in [1.807, 2.05) is 42.5 Å². The lowest BCUT2D eigenvalue weighted by Crippen LogP contribution is -2.22. The van der Waals surface area contributed by atoms with Crippen LogP contribution in [0.25, 0.3) is 5.69 Å². The van der Waals surface area contributed by atoms with Crippen molar-refractivity contribution in [2.24, 2.45) is 5.92 Å². The van der Waals surface area contributed by atoms with E-state index in [0.29, 0.717) is 12.1 Å². The van der Waals surface area contributed by atoms with E-state index in [0.717, 1.165) is 23.6 Å². The van der Waals surface area contributed by atoms with Crippen LogP contribution in [0.1, 0.15) is 46.2 Å². The number of hydrogen-bond donors (Lipinski definition) is 1. The molecule has 1 amide bonds. The third kappa shape index (κ3) is 3.68. The van der Waals surface area contributed by atoms with Gasteiger partial charge < -0.3 is 9.88 Å². The average Bonchev–Trinajstić information content (AvgIpc) is 3.01. The molecule has 0 saturated heterocycles. The van der Waals surface area contributed by atoms with E-state index < -0.39 is 0 Å². The van der Waals surface area contributed by atoms with E-state index in [1.54, 1.807) is 0 Å². The van der Waals surface area contributed by atoms with E-state index in [4.69, 9.17) is 0 Å². The molecular weight excluding hydrogens is 332 g/mol. The maximum Gasteiger partial charge on any atom is 0.251 e. The van der Waals surface area contributed by atoms with Crippen molar-refractivity contribution in [2.75, 3.05) is 0 Å². The maximum absolute atomic E-state index is 12.4. The Morgan fingerprint density at radius 1 is 1.11 bits per heavy atom. The second kappa shape index (κ2) is 7.43. The summed E-state index contributed by atoms with van der Waals surface area (Å²) in [6.45, 7) is 5.05. The first kappa shape index (κ1) is 17.6. The molecule has 0 aliphatic heterocycles. The number of carbonyl (C=O) groups is 1. The van der Waals surface area contributed by atoms with Crippen LogP contribution in [0.4, 0.5) is 0 Å². The lowest BCUT2D eigenvalue weighted by molar-refractivity contribution is 0.0951. The fourth-order valence-corrected chi connectivity index (χ4v) is 4.07. The van der Waals surface area contributed by atoms with Crippen LogP contribution in [0.15, 0.2) is 60.7 Å². The number of hydrogen-bond acceptors (Lipinski definition) is 1. The van der Waals surface area contributed by atoms with E-state index in [9.17, 15) is 4.79 Å². The Labute approximate surface area is 161 Å². The van der Waals surface area contributed by atoms with Gasteiger partial charge in [0.2, 0.25) is 0 Å². The molecule has 3 heteroatoms. The Morgan fingerprint density at radius 2 is 1.85 bits per heavy atom. The fraction of sp³-hybridized carbons (Fsp3) is 0.292. The predicted octanol–water partition coefficient (Wildman–Crippen LogP) is 4.84. The van der Waals surface area contributed by atoms with Crippen molar-refractivity contribution in [1.82, 2.24) is 9.88 Å². The van der Waals surface area contributed by atoms with Crippen molar-refractivity contribution >= 4 is 5.91 Å². The third-order valence-corrected chi connectivity index (χ3v) is 5.50. The molecule has 0 radical (unpaired) electrons. The number of aromatic nitrogens is 1. The van der Waals surface area contributed by atoms with Gasteiger partial charge in [0.05, 0.1) is 0 Å². The Hall–Kier alpha value is -2.81. The molecule has 0 saturated carbocycles. The smallest absolute Gasteiger partial charge is 0.251 e. The second-order valence-electron chi connectivity index (χ2n) is 7.66. The number of amides is 1. The zero-order chi connectivity index (χ0) is 18.8. The summed E-state index contributed by atoms with van der Waals surface area (Å²) in [5, 5.41) is 2.99. The number of nitrogens with zero attached hydrogens (tertiary/aromatic N) is 1. The lowest BCUT2D eigenvalue weighted by Gasteiger charge is -2.21. The number of rotatable bonds is 4. The second-order valence-corrected chi connectivity index (χ2v) is 7.66. The van der Waals surface area contributed by atoms with Gasteiger partial charge in [-0.3, -0.25) is 4.79 Å². The Bertz CT molecular complexity index is 939. The molecule has 1 N–H and O–H groups in total. The van der Waals surface area contributed by atoms with E-state index >= 15 is 0 Å². The Kier molecular flexibility index (Phi) is 4.85. The molecule has 3 nitrogen and oxygen atoms in total. The van der Waals surface area contributed by atoms with Crippen molar-refractivity contribution in [3.05, 3.63) is 88.7 Å². The number of nitrogens with one attached hydrogen (secondary N) is 1. The lowest BCUT2D eigenvalue weighted by atomic mass is 9.89. The standard InChI is InChI=1S/C24H26N2O/c1-17-8-13-23-21(14-17)15-18(2)26(23)22-11-9-20(10-12-22)24(27)25-16-19-6-4-3-5-7-19/h3-7,9-12,15,17H,8,13-14,16H2,1-2H3,(H,25,27)/t17-/m0/s1. The van der Waals surface area contributed by atoms with Crippen LogP contribution in [-0.4, -0.2) is 10.5 Å². The number of aryl methyl sites for hydroxylation is 1. The van der Waals surface area contributed by atoms with Gasteiger partial charge in [-0.2, -0.15) is 0 Å². The summed E-state index contributed by atoms with van der Waals surface area (Å²) in [6, 6.07) is 20.3. The summed E-state index contributed by atoms with van der Waals surface area (Å²) in [5.41, 5.74) is 7.13. The number of benzene rings is 2. The highest BCUT2D eigenvalue weighted by atomic mass is 16.1. The van der Waals surface area contributed by atoms with Gasteiger partial charge in [0.1, 0.15) is 0 Å². The van der Waals surface area contributed by atoms with E-state index in [-0.39, 0.29) is 5.91 Å². The molecule has 138 valence electrons. The third-order valence-electron chi connectivity index (χ3n) is 5.50. The van der Waals surface area contributed by atoms with Gasteiger partial charge in [-0.15, -0.1) is 0 Å². The van der Waals surface area contributed by atoms with Crippen molar-refractivity contribution < 1.29 is 4.79 Å². The van der Waals surface area contributed by atoms with E-state index in [2.05, 4.69) is 41.9 Å². The highest BCUT2D eigenvalue weighted by Crippen LogP contribution is 2.30. The quantitative estimate of drug-likeness (QED) is 0.711. The summed E-state index contributed by atoms with van der Waals surface area (Å²) in [4.78, 5) is 12.4. The molecule has 1 heterocycles. The molecule has 2 aromatic carbocycles. The van der Waals surface area contributed by atoms with Gasteiger partial charge in [-0.25, -0.2) is 0 Å². The zero-order valence-corrected chi connectivity index (χ0v) is 16.0. The Morgan fingerprint density at radius 3 is 2.59 bits per heavy atom. The van der Waals surface area contributed by atoms with Crippen molar-refractivity contribution in [3.8, 4) is 5.69 Å². The molecule has 1 aliphatic carbocycles. The van der Waals surface area contributed by atoms with Crippen LogP contribution in [0.5, 0.6) is 0 Å². The highest BCUT2D eigenvalue weighted by Gasteiger charge is 2.21. The van der Waals surface area contributed by atoms with Crippen LogP contribution in [0.2, 0.25) is 0 Å². The van der Waals surface area contributed by atoms with Crippen molar-refractivity contribution in [1.29, 1.82) is 0 Å². The average molecular weight is 358 g/mol. The monoisotopic (exact) mass is 358 g/mol. The van der Waals surface area contributed by atoms with Gasteiger partial charge in [0.25, 0.3) is 5.91 Å². The first-order valence-electron chi connectivity index (χ1n) is 9.74. The van der Waals surface area contributed by atoms with Crippen LogP contribution < -0.4 is 5.32 Å². The molecule has 27 heavy (non-hydrogen) atoms. The Balaban J connectivity index is 1.50. The highest BCUT2D eigenvalue weighted by molar-refractivity contribution is 5.94. The summed E-state index contributed by atoms with van der Waals surface area (Å²) in [7, 11) is 0. The minimum atomic E-state index is -0.0366. The van der Waals surface area contributed by atoms with Crippen LogP contribution in [-0.2, 0) is 19.4 Å². The predicted molar refractivity (Wildman–Crippen MR) is 109 cm³/mol. The molecule has 0 unspecified atom stereocenters. The number of fused-ring (bicyclic) bond motifs is 1. The molecule has 1 aromatic heterocycles. The molecule has 1 atom stereocenters. The maximum atomic E-state index is 12.4. The molecule has 1 aliphatic rings. The summed E-state index contributed by atoms with van der Waals surface area (Å²) < 4.78 is 2.35. The number of carbonyl (C=O) groups excluding carboxylic acids is 1. The largest absolute Gasteiger partial charge is 0.348 e. The van der Waals surface area contributed by atoms with Gasteiger partial charge in [-0.05, 0) is 73.6 Å². The molecule has 0 bridgehead atoms. The van der Waals surface area contributed by atoms with Gasteiger partial charge >= 0.3 is 0 Å². The first-order valence-corrected chi connectivity index (χ1v) is 9.74. The van der Waals surface area contributed by atoms with Crippen LogP contribution >= 0.6 is 0 Å². The van der Waals surface area contributed by atoms with Crippen LogP contribution in [0, 0.1) is 12.8 Å². The first-order chi connectivity index (χ1) is 13.1. The van der Waals surface area contributed by atoms with Crippen molar-refractivity contribution in [3.63, 3.8) is 0 Å². The topological polar surface area (TPSA) is 34.0 Å². The normalized spacial score (nSPS) is 16.0. The minimum absolute atomic E-state index is 0.0366. The molecule has 3 aromatic rings. The molecular formula is C24H26N2O. The summed E-state index contributed by atoms with van der Waals surface area (Å²) >= 11 is 0. The van der Waals surface area contributed by atoms with E-state index in [1.165, 1.54) is 29.8 Å². The SMILES string of the molecule is Cc1cc2c(n1-c1ccc(C(=O)NCc3ccccc3)cc1)CC[C@H](C)C2. The fourth-order valence-electron chi connectivity index (χ4n) is 4.07. The minimum Gasteiger partial charge on any atom is -0.348 e. The molecule has 4 rings (SSSR count). The molecule has 0 spiro atoms. The zero-order valence-electron chi connectivity index (χ0n) is 16.0. The summed E-state index contributed by atoms with van der Waals surface area (Å²) in [6.07, 6.45) is 3.54. The van der Waals surface area contributed by atoms with Gasteiger partial charge in [0, 0.05) is 29.2 Å². The van der Waals surface area contributed by atoms with Gasteiger partial charge in [0.15, 0.2) is 0 Å². The summed E-state index contributed by atoms with van der Waals surface area (Å²) in [5.74, 6) is 0.730.